The van der Waals surface area contributed by atoms with Crippen molar-refractivity contribution >= 4 is 23.1 Å². The van der Waals surface area contributed by atoms with E-state index in [0.717, 1.165) is 34.0 Å². The maximum Gasteiger partial charge on any atom is 0.260 e. The van der Waals surface area contributed by atoms with E-state index in [1.54, 1.807) is 0 Å². The van der Waals surface area contributed by atoms with Crippen LogP contribution in [-0.4, -0.2) is 6.71 Å². The van der Waals surface area contributed by atoms with Gasteiger partial charge in [-0.1, -0.05) is 60.7 Å². The minimum atomic E-state index is 0.130. The zero-order valence-corrected chi connectivity index (χ0v) is 15.5. The van der Waals surface area contributed by atoms with E-state index in [-0.39, 0.29) is 6.71 Å². The second-order valence-electron chi connectivity index (χ2n) is 7.41. The number of aryl methyl sites for hydroxylation is 1. The minimum Gasteiger partial charge on any atom is -0.458 e. The summed E-state index contributed by atoms with van der Waals surface area (Å²) >= 11 is 0. The largest absolute Gasteiger partial charge is 0.458 e. The molecule has 0 radical (unpaired) electrons. The van der Waals surface area contributed by atoms with Gasteiger partial charge in [-0.15, -0.1) is 0 Å². The Bertz CT molecular complexity index is 1170. The van der Waals surface area contributed by atoms with Gasteiger partial charge in [0.2, 0.25) is 0 Å². The van der Waals surface area contributed by atoms with Crippen molar-refractivity contribution in [2.45, 2.75) is 6.92 Å². The van der Waals surface area contributed by atoms with Gasteiger partial charge in [-0.05, 0) is 58.8 Å². The summed E-state index contributed by atoms with van der Waals surface area (Å²) in [6, 6.07) is 29.4. The van der Waals surface area contributed by atoms with Gasteiger partial charge in [0.05, 0.1) is 0 Å². The Hall–Kier alpha value is -3.46. The average Bonchev–Trinajstić information content (AvgIpc) is 2.73. The molecule has 0 unspecified atom stereocenters. The molecule has 4 aromatic carbocycles. The summed E-state index contributed by atoms with van der Waals surface area (Å²) in [5, 5.41) is 0. The van der Waals surface area contributed by atoms with E-state index >= 15 is 0 Å². The molecule has 2 aliphatic rings. The quantitative estimate of drug-likeness (QED) is 0.405. The van der Waals surface area contributed by atoms with E-state index in [9.17, 15) is 0 Å². The molecule has 0 N–H and O–H groups in total. The Labute approximate surface area is 164 Å². The van der Waals surface area contributed by atoms with Crippen LogP contribution < -0.4 is 25.9 Å². The molecular formula is C25H17BO2. The van der Waals surface area contributed by atoms with Crippen LogP contribution in [0.4, 0.5) is 0 Å². The third-order valence-corrected chi connectivity index (χ3v) is 5.75. The van der Waals surface area contributed by atoms with Gasteiger partial charge < -0.3 is 9.47 Å². The maximum atomic E-state index is 6.36. The topological polar surface area (TPSA) is 18.5 Å². The van der Waals surface area contributed by atoms with Crippen LogP contribution in [0.25, 0.3) is 11.1 Å². The molecular weight excluding hydrogens is 343 g/mol. The fourth-order valence-corrected chi connectivity index (χ4v) is 4.45. The lowest BCUT2D eigenvalue weighted by Gasteiger charge is -2.33. The normalized spacial score (nSPS) is 13.0. The molecule has 0 bridgehead atoms. The zero-order chi connectivity index (χ0) is 18.7. The van der Waals surface area contributed by atoms with E-state index < -0.39 is 0 Å². The van der Waals surface area contributed by atoms with Gasteiger partial charge in [0, 0.05) is 5.46 Å². The Kier molecular flexibility index (Phi) is 3.21. The molecule has 132 valence electrons. The van der Waals surface area contributed by atoms with Gasteiger partial charge in [-0.2, -0.15) is 0 Å². The number of para-hydroxylation sites is 2. The third kappa shape index (κ3) is 2.16. The predicted molar refractivity (Wildman–Crippen MR) is 114 cm³/mol. The lowest BCUT2D eigenvalue weighted by Crippen LogP contribution is -2.57. The Morgan fingerprint density at radius 2 is 1.14 bits per heavy atom. The molecule has 0 spiro atoms. The number of hydrogen-bond donors (Lipinski definition) is 0. The Morgan fingerprint density at radius 3 is 1.75 bits per heavy atom. The smallest absolute Gasteiger partial charge is 0.260 e. The highest BCUT2D eigenvalue weighted by atomic mass is 16.5. The molecule has 0 saturated carbocycles. The third-order valence-electron chi connectivity index (χ3n) is 5.75. The van der Waals surface area contributed by atoms with E-state index in [2.05, 4.69) is 79.7 Å². The van der Waals surface area contributed by atoms with Gasteiger partial charge in [0.1, 0.15) is 23.0 Å². The second-order valence-corrected chi connectivity index (χ2v) is 7.41. The van der Waals surface area contributed by atoms with Crippen LogP contribution in [0.5, 0.6) is 23.0 Å². The van der Waals surface area contributed by atoms with E-state index in [1.807, 2.05) is 12.1 Å². The highest BCUT2D eigenvalue weighted by Gasteiger charge is 2.40. The molecule has 4 aromatic rings. The van der Waals surface area contributed by atoms with Crippen molar-refractivity contribution in [3.63, 3.8) is 0 Å². The molecule has 3 heteroatoms. The maximum absolute atomic E-state index is 6.36. The van der Waals surface area contributed by atoms with Gasteiger partial charge in [0.25, 0.3) is 6.71 Å². The van der Waals surface area contributed by atoms with Crippen molar-refractivity contribution in [2.75, 3.05) is 0 Å². The lowest BCUT2D eigenvalue weighted by molar-refractivity contribution is 0.465. The summed E-state index contributed by atoms with van der Waals surface area (Å²) in [4.78, 5) is 0. The van der Waals surface area contributed by atoms with Crippen LogP contribution >= 0.6 is 0 Å². The number of ether oxygens (including phenoxy) is 2. The average molecular weight is 360 g/mol. The SMILES string of the molecule is Cc1ccccc1-c1cc2c3c(c1)Oc1ccccc1B3c1ccccc1O2. The van der Waals surface area contributed by atoms with Crippen molar-refractivity contribution in [3.8, 4) is 34.1 Å². The summed E-state index contributed by atoms with van der Waals surface area (Å²) < 4.78 is 12.7. The first-order chi connectivity index (χ1) is 13.8. The molecule has 2 heterocycles. The summed E-state index contributed by atoms with van der Waals surface area (Å²) in [6.07, 6.45) is 0. The Balaban J connectivity index is 1.64. The molecule has 28 heavy (non-hydrogen) atoms. The Morgan fingerprint density at radius 1 is 0.607 bits per heavy atom. The molecule has 0 aliphatic carbocycles. The summed E-state index contributed by atoms with van der Waals surface area (Å²) in [7, 11) is 0. The summed E-state index contributed by atoms with van der Waals surface area (Å²) in [5.74, 6) is 3.61. The molecule has 2 nitrogen and oxygen atoms in total. The van der Waals surface area contributed by atoms with Crippen molar-refractivity contribution in [2.24, 2.45) is 0 Å². The first-order valence-electron chi connectivity index (χ1n) is 9.57. The van der Waals surface area contributed by atoms with Crippen LogP contribution in [0.15, 0.2) is 84.9 Å². The number of fused-ring (bicyclic) bond motifs is 4. The first kappa shape index (κ1) is 15.6. The minimum absolute atomic E-state index is 0.130. The van der Waals surface area contributed by atoms with Crippen LogP contribution in [-0.2, 0) is 0 Å². The summed E-state index contributed by atoms with van der Waals surface area (Å²) in [6.45, 7) is 2.26. The molecule has 0 atom stereocenters. The van der Waals surface area contributed by atoms with Crippen LogP contribution in [0, 0.1) is 6.92 Å². The van der Waals surface area contributed by atoms with E-state index in [1.165, 1.54) is 22.1 Å². The fourth-order valence-electron chi connectivity index (χ4n) is 4.45. The zero-order valence-electron chi connectivity index (χ0n) is 15.5. The monoisotopic (exact) mass is 360 g/mol. The lowest BCUT2D eigenvalue weighted by atomic mass is 9.35. The molecule has 0 aromatic heterocycles. The van der Waals surface area contributed by atoms with E-state index in [4.69, 9.17) is 9.47 Å². The predicted octanol–water partition coefficient (Wildman–Crippen LogP) is 4.39. The fraction of sp³-hybridized carbons (Fsp3) is 0.0400. The summed E-state index contributed by atoms with van der Waals surface area (Å²) in [5.41, 5.74) is 7.05. The molecule has 0 fully saturated rings. The number of hydrogen-bond acceptors (Lipinski definition) is 2. The molecule has 0 amide bonds. The molecule has 6 rings (SSSR count). The van der Waals surface area contributed by atoms with Crippen LogP contribution in [0.2, 0.25) is 0 Å². The van der Waals surface area contributed by atoms with Crippen molar-refractivity contribution in [1.29, 1.82) is 0 Å². The van der Waals surface area contributed by atoms with Crippen LogP contribution in [0.3, 0.4) is 0 Å². The van der Waals surface area contributed by atoms with Gasteiger partial charge >= 0.3 is 0 Å². The second kappa shape index (κ2) is 5.77. The van der Waals surface area contributed by atoms with Gasteiger partial charge in [-0.25, -0.2) is 0 Å². The molecule has 0 saturated heterocycles. The number of rotatable bonds is 1. The number of benzene rings is 4. The van der Waals surface area contributed by atoms with Gasteiger partial charge in [-0.3, -0.25) is 0 Å². The van der Waals surface area contributed by atoms with Crippen molar-refractivity contribution in [1.82, 2.24) is 0 Å². The highest BCUT2D eigenvalue weighted by molar-refractivity contribution is 6.98. The van der Waals surface area contributed by atoms with E-state index in [0.29, 0.717) is 0 Å². The molecule has 2 aliphatic heterocycles. The van der Waals surface area contributed by atoms with Crippen molar-refractivity contribution in [3.05, 3.63) is 90.5 Å². The van der Waals surface area contributed by atoms with Gasteiger partial charge in [0.15, 0.2) is 0 Å². The standard InChI is InChI=1S/C25H17BO2/c1-16-8-2-3-9-18(16)17-14-23-25-24(15-17)28-22-13-7-5-11-20(22)26(25)19-10-4-6-12-21(19)27-23/h2-15H,1H3. The highest BCUT2D eigenvalue weighted by Crippen LogP contribution is 2.38. The van der Waals surface area contributed by atoms with Crippen molar-refractivity contribution < 1.29 is 9.47 Å². The van der Waals surface area contributed by atoms with Crippen LogP contribution in [0.1, 0.15) is 5.56 Å². The first-order valence-corrected chi connectivity index (χ1v) is 9.57.